The van der Waals surface area contributed by atoms with E-state index in [0.29, 0.717) is 11.9 Å². The van der Waals surface area contributed by atoms with Crippen molar-refractivity contribution in [1.29, 1.82) is 0 Å². The van der Waals surface area contributed by atoms with Gasteiger partial charge in [0, 0.05) is 24.8 Å². The Hall–Kier alpha value is -1.75. The van der Waals surface area contributed by atoms with E-state index in [1.165, 1.54) is 19.4 Å². The molecule has 1 aliphatic rings. The van der Waals surface area contributed by atoms with Crippen LogP contribution in [0.2, 0.25) is 0 Å². The van der Waals surface area contributed by atoms with Gasteiger partial charge in [-0.3, -0.25) is 4.99 Å². The molecule has 1 atom stereocenters. The van der Waals surface area contributed by atoms with Crippen LogP contribution in [0.25, 0.3) is 0 Å². The molecule has 0 radical (unpaired) electrons. The average Bonchev–Trinajstić information content (AvgIpc) is 2.45. The molecule has 0 aliphatic carbocycles. The molecule has 2 rings (SSSR count). The number of nitrogens with one attached hydrogen (secondary N) is 1. The number of aliphatic imine (C=N–C) groups is 1. The van der Waals surface area contributed by atoms with Gasteiger partial charge in [-0.2, -0.15) is 0 Å². The Morgan fingerprint density at radius 2 is 2.40 bits per heavy atom. The lowest BCUT2D eigenvalue weighted by Gasteiger charge is -2.28. The van der Waals surface area contributed by atoms with Gasteiger partial charge in [-0.05, 0) is 44.5 Å². The van der Waals surface area contributed by atoms with Crippen LogP contribution in [0.1, 0.15) is 12.8 Å². The molecule has 0 amide bonds. The highest BCUT2D eigenvalue weighted by Gasteiger charge is 2.16. The predicted octanol–water partition coefficient (Wildman–Crippen LogP) is 1.76. The lowest BCUT2D eigenvalue weighted by molar-refractivity contribution is 0.214. The fourth-order valence-corrected chi connectivity index (χ4v) is 2.54. The molecule has 5 nitrogen and oxygen atoms in total. The van der Waals surface area contributed by atoms with E-state index in [9.17, 15) is 0 Å². The van der Waals surface area contributed by atoms with Crippen LogP contribution in [-0.2, 0) is 0 Å². The Morgan fingerprint density at radius 3 is 3.15 bits per heavy atom. The molecule has 3 N–H and O–H groups in total. The summed E-state index contributed by atoms with van der Waals surface area (Å²) in [5.74, 6) is 1.88. The fourth-order valence-electron chi connectivity index (χ4n) is 2.54. The highest BCUT2D eigenvalue weighted by molar-refractivity contribution is 5.92. The standard InChI is InChI=1S/C15H24N4O/c1-19-8-4-5-12(11-19)10-17-15(16)18-13-6-3-7-14(9-13)20-2/h3,6-7,9,12H,4-5,8,10-11H2,1-2H3,(H3,16,17,18). The zero-order valence-electron chi connectivity index (χ0n) is 12.3. The number of hydrogen-bond donors (Lipinski definition) is 2. The van der Waals surface area contributed by atoms with E-state index in [1.807, 2.05) is 24.3 Å². The normalized spacial score (nSPS) is 20.7. The highest BCUT2D eigenvalue weighted by atomic mass is 16.5. The van der Waals surface area contributed by atoms with E-state index in [-0.39, 0.29) is 0 Å². The minimum absolute atomic E-state index is 0.464. The van der Waals surface area contributed by atoms with Gasteiger partial charge in [0.05, 0.1) is 7.11 Å². The number of rotatable bonds is 4. The third-order valence-electron chi connectivity index (χ3n) is 3.58. The summed E-state index contributed by atoms with van der Waals surface area (Å²) >= 11 is 0. The zero-order valence-corrected chi connectivity index (χ0v) is 12.3. The number of likely N-dealkylation sites (tertiary alicyclic amines) is 1. The Labute approximate surface area is 120 Å². The number of piperidine rings is 1. The van der Waals surface area contributed by atoms with Crippen LogP contribution in [0.3, 0.4) is 0 Å². The van der Waals surface area contributed by atoms with Gasteiger partial charge >= 0.3 is 0 Å². The SMILES string of the molecule is COc1cccc(NC(N)=NCC2CCCN(C)C2)c1. The number of ether oxygens (including phenoxy) is 1. The van der Waals surface area contributed by atoms with Crippen molar-refractivity contribution < 1.29 is 4.74 Å². The minimum Gasteiger partial charge on any atom is -0.497 e. The van der Waals surface area contributed by atoms with Crippen LogP contribution >= 0.6 is 0 Å². The van der Waals surface area contributed by atoms with Crippen molar-refractivity contribution in [2.24, 2.45) is 16.6 Å². The Balaban J connectivity index is 1.86. The van der Waals surface area contributed by atoms with E-state index in [4.69, 9.17) is 10.5 Å². The van der Waals surface area contributed by atoms with Crippen LogP contribution in [0.15, 0.2) is 29.3 Å². The summed E-state index contributed by atoms with van der Waals surface area (Å²) < 4.78 is 5.18. The summed E-state index contributed by atoms with van der Waals surface area (Å²) in [5.41, 5.74) is 6.83. The number of methoxy groups -OCH3 is 1. The van der Waals surface area contributed by atoms with Gasteiger partial charge in [0.15, 0.2) is 5.96 Å². The van der Waals surface area contributed by atoms with Gasteiger partial charge in [0.2, 0.25) is 0 Å². The van der Waals surface area contributed by atoms with Gasteiger partial charge in [-0.15, -0.1) is 0 Å². The Morgan fingerprint density at radius 1 is 1.55 bits per heavy atom. The summed E-state index contributed by atoms with van der Waals surface area (Å²) in [4.78, 5) is 6.81. The fraction of sp³-hybridized carbons (Fsp3) is 0.533. The molecule has 0 spiro atoms. The van der Waals surface area contributed by atoms with Gasteiger partial charge in [-0.25, -0.2) is 0 Å². The van der Waals surface area contributed by atoms with Crippen molar-refractivity contribution >= 4 is 11.6 Å². The molecule has 1 heterocycles. The molecular formula is C15H24N4O. The molecule has 1 saturated heterocycles. The second-order valence-electron chi connectivity index (χ2n) is 5.35. The van der Waals surface area contributed by atoms with Crippen LogP contribution in [0.5, 0.6) is 5.75 Å². The molecule has 1 aromatic carbocycles. The summed E-state index contributed by atoms with van der Waals surface area (Å²) in [6.45, 7) is 3.08. The number of benzene rings is 1. The second kappa shape index (κ2) is 7.14. The molecular weight excluding hydrogens is 252 g/mol. The van der Waals surface area contributed by atoms with Gasteiger partial charge in [0.1, 0.15) is 5.75 Å². The smallest absolute Gasteiger partial charge is 0.193 e. The number of hydrogen-bond acceptors (Lipinski definition) is 3. The van der Waals surface area contributed by atoms with Crippen molar-refractivity contribution in [3.63, 3.8) is 0 Å². The van der Waals surface area contributed by atoms with Crippen molar-refractivity contribution in [3.8, 4) is 5.75 Å². The molecule has 20 heavy (non-hydrogen) atoms. The highest BCUT2D eigenvalue weighted by Crippen LogP contribution is 2.17. The van der Waals surface area contributed by atoms with Crippen LogP contribution in [0, 0.1) is 5.92 Å². The van der Waals surface area contributed by atoms with E-state index in [1.54, 1.807) is 7.11 Å². The topological polar surface area (TPSA) is 62.9 Å². The van der Waals surface area contributed by atoms with E-state index in [0.717, 1.165) is 24.5 Å². The third-order valence-corrected chi connectivity index (χ3v) is 3.58. The minimum atomic E-state index is 0.464. The Kier molecular flexibility index (Phi) is 5.24. The van der Waals surface area contributed by atoms with Crippen LogP contribution in [-0.4, -0.2) is 44.7 Å². The molecule has 1 aliphatic heterocycles. The van der Waals surface area contributed by atoms with Gasteiger partial charge < -0.3 is 20.7 Å². The monoisotopic (exact) mass is 276 g/mol. The molecule has 0 saturated carbocycles. The summed E-state index contributed by atoms with van der Waals surface area (Å²) in [5, 5.41) is 3.10. The van der Waals surface area contributed by atoms with Crippen LogP contribution < -0.4 is 15.8 Å². The maximum atomic E-state index is 5.93. The zero-order chi connectivity index (χ0) is 14.4. The third kappa shape index (κ3) is 4.42. The van der Waals surface area contributed by atoms with Crippen molar-refractivity contribution in [3.05, 3.63) is 24.3 Å². The Bertz CT molecular complexity index is 461. The van der Waals surface area contributed by atoms with Crippen molar-refractivity contribution in [2.45, 2.75) is 12.8 Å². The summed E-state index contributed by atoms with van der Waals surface area (Å²) in [6, 6.07) is 7.66. The largest absolute Gasteiger partial charge is 0.497 e. The van der Waals surface area contributed by atoms with Gasteiger partial charge in [0.25, 0.3) is 0 Å². The number of guanidine groups is 1. The predicted molar refractivity (Wildman–Crippen MR) is 83.3 cm³/mol. The van der Waals surface area contributed by atoms with Crippen LogP contribution in [0.4, 0.5) is 5.69 Å². The maximum Gasteiger partial charge on any atom is 0.193 e. The average molecular weight is 276 g/mol. The lowest BCUT2D eigenvalue weighted by atomic mass is 9.99. The number of nitrogens with zero attached hydrogens (tertiary/aromatic N) is 2. The van der Waals surface area contributed by atoms with E-state index in [2.05, 4.69) is 22.3 Å². The molecule has 5 heteroatoms. The lowest BCUT2D eigenvalue weighted by Crippen LogP contribution is -2.34. The molecule has 0 aromatic heterocycles. The molecule has 1 fully saturated rings. The number of anilines is 1. The first-order chi connectivity index (χ1) is 9.67. The first-order valence-corrected chi connectivity index (χ1v) is 7.07. The summed E-state index contributed by atoms with van der Waals surface area (Å²) in [6.07, 6.45) is 2.49. The summed E-state index contributed by atoms with van der Waals surface area (Å²) in [7, 11) is 3.81. The first kappa shape index (κ1) is 14.7. The molecule has 1 aromatic rings. The second-order valence-corrected chi connectivity index (χ2v) is 5.35. The van der Waals surface area contributed by atoms with E-state index < -0.39 is 0 Å². The molecule has 1 unspecified atom stereocenters. The maximum absolute atomic E-state index is 5.93. The quantitative estimate of drug-likeness (QED) is 0.650. The number of nitrogens with two attached hydrogens (primary N) is 1. The van der Waals surface area contributed by atoms with Crippen molar-refractivity contribution in [1.82, 2.24) is 4.90 Å². The van der Waals surface area contributed by atoms with Gasteiger partial charge in [-0.1, -0.05) is 6.07 Å². The van der Waals surface area contributed by atoms with Crippen molar-refractivity contribution in [2.75, 3.05) is 39.1 Å². The molecule has 110 valence electrons. The first-order valence-electron chi connectivity index (χ1n) is 7.07. The molecule has 0 bridgehead atoms. The van der Waals surface area contributed by atoms with E-state index >= 15 is 0 Å².